The van der Waals surface area contributed by atoms with Gasteiger partial charge in [0, 0.05) is 5.66 Å². The van der Waals surface area contributed by atoms with E-state index in [1.807, 2.05) is 48.5 Å². The Labute approximate surface area is 313 Å². The Bertz CT molecular complexity index is 2120. The van der Waals surface area contributed by atoms with Crippen molar-refractivity contribution in [2.24, 2.45) is 0 Å². The fourth-order valence-electron chi connectivity index (χ4n) is 4.71. The van der Waals surface area contributed by atoms with Gasteiger partial charge in [0.1, 0.15) is 17.7 Å². The van der Waals surface area contributed by atoms with Gasteiger partial charge in [0.15, 0.2) is 0 Å². The van der Waals surface area contributed by atoms with Gasteiger partial charge in [-0.3, -0.25) is 4.57 Å². The normalized spacial score (nSPS) is 10.3. The first-order chi connectivity index (χ1) is 25.3. The number of rotatable bonds is 12. The molecule has 1 atom stereocenters. The fraction of sp³-hybridized carbons (Fsp3) is 0.190. The second-order valence-corrected chi connectivity index (χ2v) is 14.8. The average molecular weight is 758 g/mol. The summed E-state index contributed by atoms with van der Waals surface area (Å²) in [6.45, 7) is 3.96. The lowest BCUT2D eigenvalue weighted by molar-refractivity contribution is 0.0734. The average Bonchev–Trinajstić information content (AvgIpc) is 3.18. The number of benzene rings is 4. The van der Waals surface area contributed by atoms with Crippen molar-refractivity contribution >= 4 is 49.8 Å². The van der Waals surface area contributed by atoms with Crippen molar-refractivity contribution in [1.29, 1.82) is 10.4 Å². The Morgan fingerprint density at radius 1 is 0.808 bits per heavy atom. The molecule has 0 aromatic heterocycles. The van der Waals surface area contributed by atoms with Crippen molar-refractivity contribution in [2.45, 2.75) is 45.4 Å². The molecule has 0 saturated heterocycles. The van der Waals surface area contributed by atoms with E-state index >= 15 is 0 Å². The molecule has 52 heavy (non-hydrogen) atoms. The number of aryl methyl sites for hydroxylation is 1. The number of nitriles is 1. The molecule has 4 aromatic rings. The molecule has 0 saturated carbocycles. The zero-order valence-electron chi connectivity index (χ0n) is 28.9. The molecule has 2 N–H and O–H groups in total. The van der Waals surface area contributed by atoms with Crippen LogP contribution in [0.3, 0.4) is 0 Å². The maximum atomic E-state index is 12.6. The summed E-state index contributed by atoms with van der Waals surface area (Å²) in [5.41, 5.74) is 8.94. The second-order valence-electron chi connectivity index (χ2n) is 11.2. The predicted octanol–water partition coefficient (Wildman–Crippen LogP) is 11.0. The highest BCUT2D eigenvalue weighted by Crippen LogP contribution is 2.25. The molecule has 0 spiro atoms. The molecule has 4 rings (SSSR count). The van der Waals surface area contributed by atoms with Crippen molar-refractivity contribution in [3.8, 4) is 69.3 Å². The third-order valence-corrected chi connectivity index (χ3v) is 10.8. The molecular formula is C42H37N2O4P4+. The Hall–Kier alpha value is -4.98. The van der Waals surface area contributed by atoms with E-state index in [-0.39, 0.29) is 22.9 Å². The van der Waals surface area contributed by atoms with Crippen LogP contribution < -0.4 is 4.74 Å². The lowest BCUT2D eigenvalue weighted by Crippen LogP contribution is -2.08. The maximum absolute atomic E-state index is 12.6. The van der Waals surface area contributed by atoms with Crippen LogP contribution in [0.25, 0.3) is 22.3 Å². The van der Waals surface area contributed by atoms with Gasteiger partial charge in [0.25, 0.3) is 0 Å². The van der Waals surface area contributed by atoms with Crippen LogP contribution in [-0.2, 0) is 11.0 Å². The molecule has 4 aromatic carbocycles. The van der Waals surface area contributed by atoms with Gasteiger partial charge < -0.3 is 9.63 Å². The smallest absolute Gasteiger partial charge is 0.343 e. The summed E-state index contributed by atoms with van der Waals surface area (Å²) in [6.07, 6.45) is 7.60. The molecule has 6 nitrogen and oxygen atoms in total. The lowest BCUT2D eigenvalue weighted by Gasteiger charge is -2.08. The first-order valence-corrected chi connectivity index (χ1v) is 20.4. The quantitative estimate of drug-likeness (QED) is 0.0491. The van der Waals surface area contributed by atoms with E-state index < -0.39 is 7.71 Å². The van der Waals surface area contributed by atoms with Crippen LogP contribution in [0.2, 0.25) is 0 Å². The van der Waals surface area contributed by atoms with E-state index in [4.69, 9.17) is 20.1 Å². The monoisotopic (exact) mass is 757 g/mol. The maximum Gasteiger partial charge on any atom is 0.343 e. The van der Waals surface area contributed by atoms with Gasteiger partial charge in [-0.2, -0.15) is 5.26 Å². The Morgan fingerprint density at radius 2 is 1.35 bits per heavy atom. The van der Waals surface area contributed by atoms with E-state index in [1.54, 1.807) is 30.9 Å². The molecule has 258 valence electrons. The fourth-order valence-corrected chi connectivity index (χ4v) is 6.18. The van der Waals surface area contributed by atoms with Crippen molar-refractivity contribution in [2.75, 3.05) is 6.66 Å². The standard InChI is InChI=1S/C33H31NO2.C9H6NO2P4/c1-2-3-4-5-6-7-25-8-12-27(13-9-25)29-16-18-31(19-17-29)33(35)36-32-22-20-30(21-23-32)28-14-10-26(24-34)11-15-28;1-16(10)9(13)8(15-12)6-4-2-3-5-7-14-11/h8-23H,2-7H2,1H3;10,12-13H,1H3/q;+1. The first-order valence-electron chi connectivity index (χ1n) is 16.4. The van der Waals surface area contributed by atoms with Gasteiger partial charge in [0.05, 0.1) is 25.6 Å². The van der Waals surface area contributed by atoms with Crippen molar-refractivity contribution in [3.63, 3.8) is 0 Å². The summed E-state index contributed by atoms with van der Waals surface area (Å²) in [4.78, 5) is 21.6. The number of ether oxygens (including phenoxy) is 1. The molecule has 10 heteroatoms. The Balaban J connectivity index is 0.000000385. The number of hydrogen-bond acceptors (Lipinski definition) is 6. The number of nitrogens with one attached hydrogen (secondary N) is 1. The van der Waals surface area contributed by atoms with Gasteiger partial charge >= 0.3 is 5.97 Å². The van der Waals surface area contributed by atoms with Crippen LogP contribution >= 0.6 is 33.5 Å². The van der Waals surface area contributed by atoms with E-state index in [1.165, 1.54) is 37.7 Å². The summed E-state index contributed by atoms with van der Waals surface area (Å²) in [6, 6.07) is 33.2. The number of carbonyl (C=O) groups excluding carboxylic acids is 1. The SMILES string of the molecule is CCCCCCCc1ccc(-c2ccc(C(=O)Oc3ccc(-c4ccc(C#N)cc4)cc3)cc2)cc1.C[P+](=N)C(=P)C(C#CC#CC#CP=O)=PO. The van der Waals surface area contributed by atoms with Crippen LogP contribution in [0.15, 0.2) is 97.1 Å². The summed E-state index contributed by atoms with van der Waals surface area (Å²) < 4.78 is 15.5. The molecule has 0 aliphatic carbocycles. The Kier molecular flexibility index (Phi) is 18.7. The molecule has 0 aliphatic rings. The zero-order chi connectivity index (χ0) is 37.6. The van der Waals surface area contributed by atoms with E-state index in [0.717, 1.165) is 28.7 Å². The number of esters is 1. The van der Waals surface area contributed by atoms with Crippen molar-refractivity contribution in [1.82, 2.24) is 0 Å². The van der Waals surface area contributed by atoms with Gasteiger partial charge in [-0.15, -0.1) is 5.16 Å². The minimum atomic E-state index is -1.08. The summed E-state index contributed by atoms with van der Waals surface area (Å²) >= 11 is 0. The predicted molar refractivity (Wildman–Crippen MR) is 220 cm³/mol. The third-order valence-electron chi connectivity index (χ3n) is 7.52. The Morgan fingerprint density at radius 3 is 1.88 bits per heavy atom. The number of hydrogen-bond donors (Lipinski definition) is 2. The molecule has 0 heterocycles. The van der Waals surface area contributed by atoms with Crippen molar-refractivity contribution < 1.29 is 19.0 Å². The van der Waals surface area contributed by atoms with E-state index in [9.17, 15) is 9.36 Å². The van der Waals surface area contributed by atoms with E-state index in [0.29, 0.717) is 27.2 Å². The van der Waals surface area contributed by atoms with Crippen LogP contribution in [0.1, 0.15) is 60.5 Å². The summed E-state index contributed by atoms with van der Waals surface area (Å²) in [5.74, 6) is 12.3. The molecule has 0 aliphatic heterocycles. The van der Waals surface area contributed by atoms with Crippen LogP contribution in [0, 0.1) is 51.8 Å². The molecular weight excluding hydrogens is 720 g/mol. The number of carbonyl (C=O) groups is 1. The van der Waals surface area contributed by atoms with Gasteiger partial charge in [-0.1, -0.05) is 102 Å². The zero-order valence-corrected chi connectivity index (χ0v) is 32.6. The molecule has 0 fully saturated rings. The highest BCUT2D eigenvalue weighted by molar-refractivity contribution is 7.80. The van der Waals surface area contributed by atoms with Gasteiger partial charge in [-0.25, -0.2) is 4.79 Å². The van der Waals surface area contributed by atoms with Crippen LogP contribution in [-0.4, -0.2) is 27.9 Å². The number of nitrogens with zero attached hydrogens (tertiary/aromatic N) is 1. The molecule has 0 radical (unpaired) electrons. The minimum Gasteiger partial charge on any atom is -0.423 e. The highest BCUT2D eigenvalue weighted by atomic mass is 31.1. The largest absolute Gasteiger partial charge is 0.423 e. The molecule has 1 unspecified atom stereocenters. The first kappa shape index (κ1) is 41.4. The molecule has 0 bridgehead atoms. The van der Waals surface area contributed by atoms with Crippen molar-refractivity contribution in [3.05, 3.63) is 114 Å². The minimum absolute atomic E-state index is 0.00288. The van der Waals surface area contributed by atoms with Crippen LogP contribution in [0.5, 0.6) is 5.75 Å². The summed E-state index contributed by atoms with van der Waals surface area (Å²) in [5, 5.41) is 17.4. The lowest BCUT2D eigenvalue weighted by atomic mass is 10.00. The molecule has 0 amide bonds. The second kappa shape index (κ2) is 23.5. The summed E-state index contributed by atoms with van der Waals surface area (Å²) in [7, 11) is 1.90. The van der Waals surface area contributed by atoms with Gasteiger partial charge in [-0.05, 0) is 107 Å². The van der Waals surface area contributed by atoms with E-state index in [2.05, 4.69) is 81.4 Å². The topological polar surface area (TPSA) is 111 Å². The van der Waals surface area contributed by atoms with Crippen LogP contribution in [0.4, 0.5) is 0 Å². The number of unbranched alkanes of at least 4 members (excludes halogenated alkanes) is 4. The van der Waals surface area contributed by atoms with Gasteiger partial charge in [0.2, 0.25) is 21.2 Å². The third kappa shape index (κ3) is 14.3. The highest BCUT2D eigenvalue weighted by Gasteiger charge is 2.14.